The Morgan fingerprint density at radius 1 is 1.33 bits per heavy atom. The van der Waals surface area contributed by atoms with E-state index in [4.69, 9.17) is 5.21 Å². The second-order valence-electron chi connectivity index (χ2n) is 2.59. The quantitative estimate of drug-likeness (QED) is 0.669. The van der Waals surface area contributed by atoms with Gasteiger partial charge >= 0.3 is 0 Å². The second kappa shape index (κ2) is 4.74. The maximum absolute atomic E-state index is 8.79. The molecule has 0 saturated heterocycles. The summed E-state index contributed by atoms with van der Waals surface area (Å²) >= 11 is 0. The predicted molar refractivity (Wildman–Crippen MR) is 49.0 cm³/mol. The van der Waals surface area contributed by atoms with Crippen molar-refractivity contribution in [1.82, 2.24) is 5.59 Å². The summed E-state index contributed by atoms with van der Waals surface area (Å²) in [5.41, 5.74) is 3.13. The van der Waals surface area contributed by atoms with Crippen molar-refractivity contribution >= 4 is 5.69 Å². The van der Waals surface area contributed by atoms with Crippen LogP contribution >= 0.6 is 0 Å². The molecule has 2 N–H and O–H groups in total. The van der Waals surface area contributed by atoms with E-state index in [-0.39, 0.29) is 0 Å². The third-order valence-electron chi connectivity index (χ3n) is 1.64. The smallest absolute Gasteiger partial charge is 0.0541 e. The van der Waals surface area contributed by atoms with Crippen LogP contribution in [0.4, 0.5) is 5.69 Å². The number of benzene rings is 1. The van der Waals surface area contributed by atoms with Crippen LogP contribution in [0.5, 0.6) is 0 Å². The average Bonchev–Trinajstić information content (AvgIpc) is 2.15. The third-order valence-corrected chi connectivity index (χ3v) is 1.64. The van der Waals surface area contributed by atoms with Gasteiger partial charge in [-0.2, -0.15) is 0 Å². The van der Waals surface area contributed by atoms with Gasteiger partial charge in [-0.05, 0) is 18.6 Å². The van der Waals surface area contributed by atoms with Gasteiger partial charge in [0.1, 0.15) is 0 Å². The maximum atomic E-state index is 8.79. The van der Waals surface area contributed by atoms with Gasteiger partial charge in [0.25, 0.3) is 0 Å². The highest BCUT2D eigenvalue weighted by molar-refractivity contribution is 5.44. The zero-order chi connectivity index (χ0) is 8.81. The lowest BCUT2D eigenvalue weighted by molar-refractivity contribution is 0.154. The number of para-hydroxylation sites is 1. The minimum Gasteiger partial charge on any atom is -0.297 e. The predicted octanol–water partition coefficient (Wildman–Crippen LogP) is 1.80. The Morgan fingerprint density at radius 3 is 2.50 bits per heavy atom. The van der Waals surface area contributed by atoms with E-state index in [2.05, 4.69) is 12.5 Å². The van der Waals surface area contributed by atoms with Crippen LogP contribution in [0.3, 0.4) is 0 Å². The molecule has 0 amide bonds. The van der Waals surface area contributed by atoms with E-state index in [9.17, 15) is 0 Å². The van der Waals surface area contributed by atoms with Crippen molar-refractivity contribution < 1.29 is 5.21 Å². The summed E-state index contributed by atoms with van der Waals surface area (Å²) in [6.45, 7) is 2.85. The summed E-state index contributed by atoms with van der Waals surface area (Å²) in [4.78, 5) is 0. The van der Waals surface area contributed by atoms with Gasteiger partial charge in [-0.25, -0.2) is 0 Å². The number of rotatable bonds is 4. The average molecular weight is 166 g/mol. The minimum absolute atomic E-state index is 0.792. The SMILES string of the molecule is CCCN(NO)c1ccccc1. The molecular formula is C9H14N2O. The Morgan fingerprint density at radius 2 is 2.00 bits per heavy atom. The lowest BCUT2D eigenvalue weighted by Crippen LogP contribution is -2.35. The molecular weight excluding hydrogens is 152 g/mol. The van der Waals surface area contributed by atoms with Crippen molar-refractivity contribution in [3.8, 4) is 0 Å². The first kappa shape index (κ1) is 9.03. The summed E-state index contributed by atoms with van der Waals surface area (Å²) in [5.74, 6) is 0. The van der Waals surface area contributed by atoms with Crippen LogP contribution in [0.15, 0.2) is 30.3 Å². The molecule has 3 heteroatoms. The molecule has 0 saturated carbocycles. The Kier molecular flexibility index (Phi) is 3.57. The van der Waals surface area contributed by atoms with Crippen LogP contribution in [-0.2, 0) is 0 Å². The van der Waals surface area contributed by atoms with Gasteiger partial charge in [0.2, 0.25) is 0 Å². The minimum atomic E-state index is 0.792. The fourth-order valence-corrected chi connectivity index (χ4v) is 1.07. The molecule has 3 nitrogen and oxygen atoms in total. The van der Waals surface area contributed by atoms with Crippen LogP contribution in [-0.4, -0.2) is 11.8 Å². The van der Waals surface area contributed by atoms with Gasteiger partial charge in [-0.15, -0.1) is 5.59 Å². The van der Waals surface area contributed by atoms with Crippen LogP contribution in [0.2, 0.25) is 0 Å². The molecule has 0 radical (unpaired) electrons. The van der Waals surface area contributed by atoms with E-state index in [1.54, 1.807) is 5.01 Å². The third kappa shape index (κ3) is 2.22. The molecule has 0 heterocycles. The fourth-order valence-electron chi connectivity index (χ4n) is 1.07. The van der Waals surface area contributed by atoms with Crippen molar-refractivity contribution in [1.29, 1.82) is 0 Å². The number of hydrogen-bond acceptors (Lipinski definition) is 3. The molecule has 0 aliphatic carbocycles. The monoisotopic (exact) mass is 166 g/mol. The Labute approximate surface area is 72.6 Å². The van der Waals surface area contributed by atoms with Gasteiger partial charge in [-0.3, -0.25) is 10.2 Å². The van der Waals surface area contributed by atoms with Crippen molar-refractivity contribution in [2.75, 3.05) is 11.6 Å². The normalized spacial score (nSPS) is 9.83. The zero-order valence-corrected chi connectivity index (χ0v) is 7.20. The number of nitrogens with zero attached hydrogens (tertiary/aromatic N) is 1. The van der Waals surface area contributed by atoms with Crippen molar-refractivity contribution in [3.63, 3.8) is 0 Å². The highest BCUT2D eigenvalue weighted by Crippen LogP contribution is 2.10. The molecule has 0 aliphatic rings. The van der Waals surface area contributed by atoms with E-state index in [0.717, 1.165) is 18.7 Å². The summed E-state index contributed by atoms with van der Waals surface area (Å²) in [5, 5.41) is 10.5. The second-order valence-corrected chi connectivity index (χ2v) is 2.59. The molecule has 1 aromatic rings. The number of nitrogens with one attached hydrogen (secondary N) is 1. The van der Waals surface area contributed by atoms with Crippen LogP contribution < -0.4 is 10.6 Å². The maximum Gasteiger partial charge on any atom is 0.0541 e. The van der Waals surface area contributed by atoms with Crippen LogP contribution in [0, 0.1) is 0 Å². The molecule has 66 valence electrons. The van der Waals surface area contributed by atoms with Gasteiger partial charge in [0.05, 0.1) is 5.69 Å². The molecule has 0 aromatic heterocycles. The molecule has 1 aromatic carbocycles. The van der Waals surface area contributed by atoms with E-state index < -0.39 is 0 Å². The molecule has 1 rings (SSSR count). The molecule has 0 spiro atoms. The largest absolute Gasteiger partial charge is 0.297 e. The Bertz CT molecular complexity index is 213. The van der Waals surface area contributed by atoms with Gasteiger partial charge < -0.3 is 0 Å². The first-order chi connectivity index (χ1) is 5.88. The fraction of sp³-hybridized carbons (Fsp3) is 0.333. The van der Waals surface area contributed by atoms with Gasteiger partial charge in [0.15, 0.2) is 0 Å². The summed E-state index contributed by atoms with van der Waals surface area (Å²) in [6, 6.07) is 9.72. The van der Waals surface area contributed by atoms with E-state index >= 15 is 0 Å². The number of hydrazine groups is 1. The van der Waals surface area contributed by atoms with E-state index in [0.29, 0.717) is 0 Å². The van der Waals surface area contributed by atoms with Crippen molar-refractivity contribution in [2.45, 2.75) is 13.3 Å². The zero-order valence-electron chi connectivity index (χ0n) is 7.20. The highest BCUT2D eigenvalue weighted by atomic mass is 16.5. The lowest BCUT2D eigenvalue weighted by Gasteiger charge is -2.20. The van der Waals surface area contributed by atoms with Gasteiger partial charge in [-0.1, -0.05) is 25.1 Å². The Hall–Kier alpha value is -1.06. The van der Waals surface area contributed by atoms with E-state index in [1.807, 2.05) is 30.3 Å². The van der Waals surface area contributed by atoms with E-state index in [1.165, 1.54) is 0 Å². The summed E-state index contributed by atoms with van der Waals surface area (Å²) < 4.78 is 0. The topological polar surface area (TPSA) is 35.5 Å². The Balaban J connectivity index is 2.66. The summed E-state index contributed by atoms with van der Waals surface area (Å²) in [6.07, 6.45) is 0.989. The number of anilines is 1. The first-order valence-electron chi connectivity index (χ1n) is 4.10. The number of hydrogen-bond donors (Lipinski definition) is 2. The standard InChI is InChI=1S/C9H14N2O/c1-2-8-11(10-12)9-6-4-3-5-7-9/h3-7,10,12H,2,8H2,1H3. The van der Waals surface area contributed by atoms with Crippen molar-refractivity contribution in [2.24, 2.45) is 0 Å². The molecule has 0 atom stereocenters. The molecule has 0 fully saturated rings. The van der Waals surface area contributed by atoms with Crippen molar-refractivity contribution in [3.05, 3.63) is 30.3 Å². The van der Waals surface area contributed by atoms with Crippen LogP contribution in [0.1, 0.15) is 13.3 Å². The van der Waals surface area contributed by atoms with Gasteiger partial charge in [0, 0.05) is 6.54 Å². The van der Waals surface area contributed by atoms with Crippen LogP contribution in [0.25, 0.3) is 0 Å². The summed E-state index contributed by atoms with van der Waals surface area (Å²) in [7, 11) is 0. The molecule has 0 unspecified atom stereocenters. The first-order valence-corrected chi connectivity index (χ1v) is 4.10. The highest BCUT2D eigenvalue weighted by Gasteiger charge is 2.00. The molecule has 0 bridgehead atoms. The molecule has 0 aliphatic heterocycles. The molecule has 12 heavy (non-hydrogen) atoms. The lowest BCUT2D eigenvalue weighted by atomic mass is 10.3.